The number of rotatable bonds is 5. The van der Waals surface area contributed by atoms with Crippen molar-refractivity contribution in [2.24, 2.45) is 0 Å². The predicted molar refractivity (Wildman–Crippen MR) is 88.8 cm³/mol. The fourth-order valence-electron chi connectivity index (χ4n) is 2.19. The first-order chi connectivity index (χ1) is 11.8. The van der Waals surface area contributed by atoms with Crippen LogP contribution in [0.25, 0.3) is 22.4 Å². The standard InChI is InChI=1S/C17H11N3O3S/c21-13(15-8-11-4-1-2-6-14(11)22-15)10-24-17-20-19-16(23-17)12-5-3-7-18-9-12/h1-9H,10H2. The van der Waals surface area contributed by atoms with E-state index in [2.05, 4.69) is 15.2 Å². The van der Waals surface area contributed by atoms with E-state index in [0.29, 0.717) is 22.5 Å². The van der Waals surface area contributed by atoms with Gasteiger partial charge in [0.2, 0.25) is 11.7 Å². The highest BCUT2D eigenvalue weighted by Gasteiger charge is 2.15. The molecular formula is C17H11N3O3S. The van der Waals surface area contributed by atoms with Gasteiger partial charge in [-0.2, -0.15) is 0 Å². The summed E-state index contributed by atoms with van der Waals surface area (Å²) in [5, 5.41) is 9.13. The number of benzene rings is 1. The lowest BCUT2D eigenvalue weighted by Crippen LogP contribution is -2.00. The molecule has 1 aromatic carbocycles. The summed E-state index contributed by atoms with van der Waals surface area (Å²) in [5.74, 6) is 0.740. The van der Waals surface area contributed by atoms with E-state index < -0.39 is 0 Å². The van der Waals surface area contributed by atoms with Crippen molar-refractivity contribution >= 4 is 28.5 Å². The zero-order valence-corrected chi connectivity index (χ0v) is 13.2. The Labute approximate surface area is 140 Å². The van der Waals surface area contributed by atoms with Crippen molar-refractivity contribution in [1.29, 1.82) is 0 Å². The second-order valence-corrected chi connectivity index (χ2v) is 5.90. The maximum absolute atomic E-state index is 12.2. The van der Waals surface area contributed by atoms with Crippen LogP contribution < -0.4 is 0 Å². The van der Waals surface area contributed by atoms with Gasteiger partial charge in [0.25, 0.3) is 5.22 Å². The van der Waals surface area contributed by atoms with Gasteiger partial charge in [-0.3, -0.25) is 9.78 Å². The summed E-state index contributed by atoms with van der Waals surface area (Å²) in [5.41, 5.74) is 1.43. The topological polar surface area (TPSA) is 82.0 Å². The number of aromatic nitrogens is 3. The number of ketones is 1. The lowest BCUT2D eigenvalue weighted by molar-refractivity contribution is 0.0994. The zero-order valence-electron chi connectivity index (χ0n) is 12.4. The van der Waals surface area contributed by atoms with Crippen LogP contribution in [0.5, 0.6) is 0 Å². The molecule has 3 heterocycles. The number of hydrogen-bond donors (Lipinski definition) is 0. The Hall–Kier alpha value is -2.93. The van der Waals surface area contributed by atoms with Crippen LogP contribution in [0.3, 0.4) is 0 Å². The Bertz CT molecular complexity index is 961. The second kappa shape index (κ2) is 6.29. The Kier molecular flexibility index (Phi) is 3.84. The molecule has 0 bridgehead atoms. The molecule has 0 atom stereocenters. The number of Topliss-reactive ketones (excluding diaryl/α,β-unsaturated/α-hetero) is 1. The van der Waals surface area contributed by atoms with Gasteiger partial charge in [-0.15, -0.1) is 10.2 Å². The molecule has 118 valence electrons. The molecule has 0 saturated heterocycles. The molecule has 0 amide bonds. The molecule has 0 fully saturated rings. The molecular weight excluding hydrogens is 326 g/mol. The van der Waals surface area contributed by atoms with Gasteiger partial charge in [0, 0.05) is 17.8 Å². The van der Waals surface area contributed by atoms with Crippen LogP contribution in [0, 0.1) is 0 Å². The number of carbonyl (C=O) groups excluding carboxylic acids is 1. The number of furan rings is 1. The summed E-state index contributed by atoms with van der Waals surface area (Å²) in [6.07, 6.45) is 3.31. The summed E-state index contributed by atoms with van der Waals surface area (Å²) in [4.78, 5) is 16.3. The quantitative estimate of drug-likeness (QED) is 0.404. The molecule has 24 heavy (non-hydrogen) atoms. The van der Waals surface area contributed by atoms with Crippen molar-refractivity contribution in [2.75, 3.05) is 5.75 Å². The van der Waals surface area contributed by atoms with Gasteiger partial charge in [-0.25, -0.2) is 0 Å². The summed E-state index contributed by atoms with van der Waals surface area (Å²) >= 11 is 1.18. The lowest BCUT2D eigenvalue weighted by atomic mass is 10.2. The maximum atomic E-state index is 12.2. The van der Waals surface area contributed by atoms with Crippen LogP contribution in [0.1, 0.15) is 10.6 Å². The Morgan fingerprint density at radius 2 is 2.00 bits per heavy atom. The highest BCUT2D eigenvalue weighted by atomic mass is 32.2. The predicted octanol–water partition coefficient (Wildman–Crippen LogP) is 3.85. The van der Waals surface area contributed by atoms with Crippen LogP contribution in [0.4, 0.5) is 0 Å². The van der Waals surface area contributed by atoms with Crippen LogP contribution in [0.15, 0.2) is 68.9 Å². The molecule has 0 aliphatic rings. The Morgan fingerprint density at radius 3 is 2.83 bits per heavy atom. The minimum atomic E-state index is -0.127. The smallest absolute Gasteiger partial charge is 0.277 e. The first-order valence-corrected chi connectivity index (χ1v) is 8.16. The lowest BCUT2D eigenvalue weighted by Gasteiger charge is -1.94. The summed E-state index contributed by atoms with van der Waals surface area (Å²) < 4.78 is 11.1. The molecule has 4 aromatic rings. The number of fused-ring (bicyclic) bond motifs is 1. The van der Waals surface area contributed by atoms with E-state index in [0.717, 1.165) is 10.9 Å². The monoisotopic (exact) mass is 337 g/mol. The molecule has 0 N–H and O–H groups in total. The molecule has 7 heteroatoms. The van der Waals surface area contributed by atoms with Crippen LogP contribution in [0.2, 0.25) is 0 Å². The third-order valence-electron chi connectivity index (χ3n) is 3.34. The molecule has 0 saturated carbocycles. The number of para-hydroxylation sites is 1. The maximum Gasteiger partial charge on any atom is 0.277 e. The first-order valence-electron chi connectivity index (χ1n) is 7.18. The van der Waals surface area contributed by atoms with Gasteiger partial charge in [0.15, 0.2) is 5.76 Å². The minimum Gasteiger partial charge on any atom is -0.453 e. The molecule has 3 aromatic heterocycles. The average Bonchev–Trinajstić information content (AvgIpc) is 3.27. The van der Waals surface area contributed by atoms with Crippen molar-refractivity contribution < 1.29 is 13.6 Å². The Morgan fingerprint density at radius 1 is 1.08 bits per heavy atom. The molecule has 0 radical (unpaired) electrons. The van der Waals surface area contributed by atoms with Crippen molar-refractivity contribution in [3.8, 4) is 11.5 Å². The number of pyridine rings is 1. The van der Waals surface area contributed by atoms with E-state index in [1.54, 1.807) is 24.5 Å². The van der Waals surface area contributed by atoms with Crippen molar-refractivity contribution in [3.05, 3.63) is 60.6 Å². The number of nitrogens with zero attached hydrogens (tertiary/aromatic N) is 3. The third kappa shape index (κ3) is 2.93. The molecule has 0 spiro atoms. The van der Waals surface area contributed by atoms with Crippen molar-refractivity contribution in [3.63, 3.8) is 0 Å². The van der Waals surface area contributed by atoms with Gasteiger partial charge < -0.3 is 8.83 Å². The van der Waals surface area contributed by atoms with Gasteiger partial charge in [-0.05, 0) is 24.3 Å². The molecule has 4 rings (SSSR count). The summed E-state index contributed by atoms with van der Waals surface area (Å²) in [7, 11) is 0. The number of hydrogen-bond acceptors (Lipinski definition) is 7. The van der Waals surface area contributed by atoms with E-state index in [1.807, 2.05) is 30.3 Å². The van der Waals surface area contributed by atoms with Crippen LogP contribution >= 0.6 is 11.8 Å². The summed E-state index contributed by atoms with van der Waals surface area (Å²) in [6, 6.07) is 12.9. The van der Waals surface area contributed by atoms with Gasteiger partial charge in [-0.1, -0.05) is 30.0 Å². The van der Waals surface area contributed by atoms with Crippen LogP contribution in [-0.2, 0) is 0 Å². The van der Waals surface area contributed by atoms with E-state index >= 15 is 0 Å². The minimum absolute atomic E-state index is 0.127. The molecule has 0 unspecified atom stereocenters. The van der Waals surface area contributed by atoms with E-state index in [1.165, 1.54) is 11.8 Å². The summed E-state index contributed by atoms with van der Waals surface area (Å²) in [6.45, 7) is 0. The van der Waals surface area contributed by atoms with Gasteiger partial charge in [0.05, 0.1) is 11.3 Å². The van der Waals surface area contributed by atoms with E-state index in [-0.39, 0.29) is 11.5 Å². The molecule has 0 aliphatic carbocycles. The highest BCUT2D eigenvalue weighted by molar-refractivity contribution is 7.99. The highest BCUT2D eigenvalue weighted by Crippen LogP contribution is 2.24. The number of thioether (sulfide) groups is 1. The largest absolute Gasteiger partial charge is 0.453 e. The third-order valence-corrected chi connectivity index (χ3v) is 4.16. The van der Waals surface area contributed by atoms with E-state index in [9.17, 15) is 4.79 Å². The Balaban J connectivity index is 1.45. The average molecular weight is 337 g/mol. The van der Waals surface area contributed by atoms with E-state index in [4.69, 9.17) is 8.83 Å². The van der Waals surface area contributed by atoms with Crippen LogP contribution in [-0.4, -0.2) is 26.7 Å². The fourth-order valence-corrected chi connectivity index (χ4v) is 2.82. The molecule has 6 nitrogen and oxygen atoms in total. The van der Waals surface area contributed by atoms with Gasteiger partial charge >= 0.3 is 0 Å². The van der Waals surface area contributed by atoms with Gasteiger partial charge in [0.1, 0.15) is 5.58 Å². The number of carbonyl (C=O) groups is 1. The molecule has 0 aliphatic heterocycles. The second-order valence-electron chi connectivity index (χ2n) is 4.98. The fraction of sp³-hybridized carbons (Fsp3) is 0.0588. The van der Waals surface area contributed by atoms with Crippen molar-refractivity contribution in [2.45, 2.75) is 5.22 Å². The first kappa shape index (κ1) is 14.6. The normalized spacial score (nSPS) is 11.0. The SMILES string of the molecule is O=C(CSc1nnc(-c2cccnc2)o1)c1cc2ccccc2o1. The van der Waals surface area contributed by atoms with Crippen molar-refractivity contribution in [1.82, 2.24) is 15.2 Å². The zero-order chi connectivity index (χ0) is 16.4.